The second kappa shape index (κ2) is 4.30. The van der Waals surface area contributed by atoms with Crippen molar-refractivity contribution < 1.29 is 0 Å². The highest BCUT2D eigenvalue weighted by Crippen LogP contribution is 2.32. The van der Waals surface area contributed by atoms with Crippen molar-refractivity contribution in [3.8, 4) is 17.3 Å². The Bertz CT molecular complexity index is 631. The van der Waals surface area contributed by atoms with Crippen molar-refractivity contribution in [3.05, 3.63) is 39.8 Å². The average molecular weight is 239 g/mol. The van der Waals surface area contributed by atoms with Crippen LogP contribution in [0.15, 0.2) is 6.07 Å². The van der Waals surface area contributed by atoms with Crippen LogP contribution in [0.3, 0.4) is 0 Å². The van der Waals surface area contributed by atoms with Gasteiger partial charge in [-0.15, -0.1) is 0 Å². The Balaban J connectivity index is 2.83. The lowest BCUT2D eigenvalue weighted by Crippen LogP contribution is -1.96. The van der Waals surface area contributed by atoms with Crippen LogP contribution in [0.4, 0.5) is 0 Å². The van der Waals surface area contributed by atoms with E-state index in [1.165, 1.54) is 22.3 Å². The summed E-state index contributed by atoms with van der Waals surface area (Å²) >= 11 is 0. The van der Waals surface area contributed by atoms with Crippen molar-refractivity contribution in [3.63, 3.8) is 0 Å². The predicted octanol–water partition coefficient (Wildman–Crippen LogP) is 3.49. The molecular formula is C15H17N3. The van der Waals surface area contributed by atoms with Gasteiger partial charge in [-0.3, -0.25) is 0 Å². The van der Waals surface area contributed by atoms with Gasteiger partial charge in [-0.1, -0.05) is 6.07 Å². The Morgan fingerprint density at radius 2 is 1.61 bits per heavy atom. The molecule has 0 amide bonds. The first-order valence-electron chi connectivity index (χ1n) is 6.00. The molecular weight excluding hydrogens is 222 g/mol. The van der Waals surface area contributed by atoms with Crippen LogP contribution < -0.4 is 0 Å². The zero-order chi connectivity index (χ0) is 13.4. The van der Waals surface area contributed by atoms with Gasteiger partial charge in [0.25, 0.3) is 0 Å². The van der Waals surface area contributed by atoms with Gasteiger partial charge in [0.2, 0.25) is 0 Å². The number of H-pyrrole nitrogens is 1. The minimum absolute atomic E-state index is 0.476. The number of nitrogens with zero attached hydrogens (tertiary/aromatic N) is 2. The predicted molar refractivity (Wildman–Crippen MR) is 72.4 cm³/mol. The Labute approximate surface area is 107 Å². The minimum atomic E-state index is 0.476. The molecule has 3 heteroatoms. The highest BCUT2D eigenvalue weighted by atomic mass is 14.9. The number of hydrogen-bond acceptors (Lipinski definition) is 2. The molecule has 92 valence electrons. The maximum Gasteiger partial charge on any atom is 0.166 e. The summed E-state index contributed by atoms with van der Waals surface area (Å²) in [5.74, 6) is 0.777. The summed E-state index contributed by atoms with van der Waals surface area (Å²) in [6, 6.07) is 4.35. The number of nitriles is 1. The molecule has 0 spiro atoms. The molecule has 0 fully saturated rings. The third-order valence-electron chi connectivity index (χ3n) is 3.54. The van der Waals surface area contributed by atoms with Crippen LogP contribution in [-0.2, 0) is 0 Å². The molecule has 1 aromatic heterocycles. The molecule has 1 aromatic carbocycles. The molecule has 0 bridgehead atoms. The second-order valence-corrected chi connectivity index (χ2v) is 4.79. The lowest BCUT2D eigenvalue weighted by Gasteiger charge is -2.14. The molecule has 0 saturated carbocycles. The fourth-order valence-electron chi connectivity index (χ4n) is 2.35. The molecule has 0 unspecified atom stereocenters. The van der Waals surface area contributed by atoms with Crippen LogP contribution in [-0.4, -0.2) is 9.97 Å². The van der Waals surface area contributed by atoms with E-state index >= 15 is 0 Å². The first-order valence-corrected chi connectivity index (χ1v) is 6.00. The number of imidazole rings is 1. The number of benzene rings is 1. The zero-order valence-electron chi connectivity index (χ0n) is 11.5. The zero-order valence-corrected chi connectivity index (χ0v) is 11.5. The van der Waals surface area contributed by atoms with E-state index in [0.717, 1.165) is 17.1 Å². The van der Waals surface area contributed by atoms with Gasteiger partial charge in [0.15, 0.2) is 5.69 Å². The van der Waals surface area contributed by atoms with Crippen molar-refractivity contribution in [1.82, 2.24) is 9.97 Å². The van der Waals surface area contributed by atoms with Gasteiger partial charge in [0.05, 0.1) is 5.69 Å². The lowest BCUT2D eigenvalue weighted by atomic mass is 9.92. The van der Waals surface area contributed by atoms with Gasteiger partial charge in [0.1, 0.15) is 11.9 Å². The van der Waals surface area contributed by atoms with Crippen molar-refractivity contribution in [2.45, 2.75) is 34.6 Å². The maximum atomic E-state index is 9.18. The van der Waals surface area contributed by atoms with Crippen LogP contribution in [0.2, 0.25) is 0 Å². The molecule has 3 nitrogen and oxygen atoms in total. The lowest BCUT2D eigenvalue weighted by molar-refractivity contribution is 1.14. The standard InChI is InChI=1S/C15H17N3/c1-8-6-9(2)11(4)14(10(8)3)15-13(7-16)17-12(5)18-15/h6H,1-5H3,(H,17,18). The highest BCUT2D eigenvalue weighted by molar-refractivity contribution is 5.74. The average Bonchev–Trinajstić information content (AvgIpc) is 2.68. The summed E-state index contributed by atoms with van der Waals surface area (Å²) in [6.07, 6.45) is 0. The Morgan fingerprint density at radius 1 is 1.06 bits per heavy atom. The van der Waals surface area contributed by atoms with Gasteiger partial charge in [-0.2, -0.15) is 5.26 Å². The normalized spacial score (nSPS) is 10.4. The molecule has 0 aliphatic rings. The molecule has 0 radical (unpaired) electrons. The molecule has 1 heterocycles. The molecule has 0 saturated heterocycles. The van der Waals surface area contributed by atoms with E-state index < -0.39 is 0 Å². The monoisotopic (exact) mass is 239 g/mol. The van der Waals surface area contributed by atoms with Crippen molar-refractivity contribution in [1.29, 1.82) is 5.26 Å². The summed E-state index contributed by atoms with van der Waals surface area (Å²) in [4.78, 5) is 7.44. The molecule has 2 rings (SSSR count). The summed E-state index contributed by atoms with van der Waals surface area (Å²) in [5.41, 5.74) is 7.33. The SMILES string of the molecule is Cc1nc(C#N)c(-c2c(C)c(C)cc(C)c2C)[nH]1. The van der Waals surface area contributed by atoms with Crippen LogP contribution in [0, 0.1) is 45.9 Å². The molecule has 0 aliphatic heterocycles. The number of aromatic nitrogens is 2. The molecule has 18 heavy (non-hydrogen) atoms. The van der Waals surface area contributed by atoms with Crippen LogP contribution in [0.1, 0.15) is 33.8 Å². The van der Waals surface area contributed by atoms with Gasteiger partial charge in [0, 0.05) is 5.56 Å². The maximum absolute atomic E-state index is 9.18. The van der Waals surface area contributed by atoms with Gasteiger partial charge < -0.3 is 4.98 Å². The van der Waals surface area contributed by atoms with Gasteiger partial charge in [-0.05, 0) is 56.9 Å². The number of hydrogen-bond donors (Lipinski definition) is 1. The smallest absolute Gasteiger partial charge is 0.166 e. The van der Waals surface area contributed by atoms with E-state index in [0.29, 0.717) is 5.69 Å². The van der Waals surface area contributed by atoms with Crippen LogP contribution >= 0.6 is 0 Å². The first kappa shape index (κ1) is 12.4. The number of rotatable bonds is 1. The Hall–Kier alpha value is -2.08. The molecule has 0 aliphatic carbocycles. The van der Waals surface area contributed by atoms with Crippen LogP contribution in [0.5, 0.6) is 0 Å². The van der Waals surface area contributed by atoms with Crippen molar-refractivity contribution >= 4 is 0 Å². The van der Waals surface area contributed by atoms with Gasteiger partial charge in [-0.25, -0.2) is 4.98 Å². The molecule has 1 N–H and O–H groups in total. The van der Waals surface area contributed by atoms with Gasteiger partial charge >= 0.3 is 0 Å². The summed E-state index contributed by atoms with van der Waals surface area (Å²) < 4.78 is 0. The fourth-order valence-corrected chi connectivity index (χ4v) is 2.35. The molecule has 2 aromatic rings. The second-order valence-electron chi connectivity index (χ2n) is 4.79. The topological polar surface area (TPSA) is 52.5 Å². The highest BCUT2D eigenvalue weighted by Gasteiger charge is 2.16. The third-order valence-corrected chi connectivity index (χ3v) is 3.54. The third kappa shape index (κ3) is 1.80. The number of aromatic amines is 1. The summed E-state index contributed by atoms with van der Waals surface area (Å²) in [7, 11) is 0. The fraction of sp³-hybridized carbons (Fsp3) is 0.333. The van der Waals surface area contributed by atoms with E-state index in [1.54, 1.807) is 0 Å². The number of aryl methyl sites for hydroxylation is 3. The van der Waals surface area contributed by atoms with E-state index in [9.17, 15) is 5.26 Å². The summed E-state index contributed by atoms with van der Waals surface area (Å²) in [6.45, 7) is 10.3. The number of nitrogens with one attached hydrogen (secondary N) is 1. The largest absolute Gasteiger partial charge is 0.341 e. The van der Waals surface area contributed by atoms with E-state index in [1.807, 2.05) is 6.92 Å². The summed E-state index contributed by atoms with van der Waals surface area (Å²) in [5, 5.41) is 9.18. The van der Waals surface area contributed by atoms with Crippen LogP contribution in [0.25, 0.3) is 11.3 Å². The Kier molecular flexibility index (Phi) is 2.96. The van der Waals surface area contributed by atoms with Crippen molar-refractivity contribution in [2.24, 2.45) is 0 Å². The van der Waals surface area contributed by atoms with Crippen molar-refractivity contribution in [2.75, 3.05) is 0 Å². The van der Waals surface area contributed by atoms with E-state index in [4.69, 9.17) is 0 Å². The van der Waals surface area contributed by atoms with E-state index in [-0.39, 0.29) is 0 Å². The quantitative estimate of drug-likeness (QED) is 0.828. The first-order chi connectivity index (χ1) is 8.45. The minimum Gasteiger partial charge on any atom is -0.341 e. The Morgan fingerprint density at radius 3 is 2.11 bits per heavy atom. The molecule has 0 atom stereocenters. The van der Waals surface area contributed by atoms with E-state index in [2.05, 4.69) is 49.8 Å².